The second kappa shape index (κ2) is 6.07. The van der Waals surface area contributed by atoms with Gasteiger partial charge in [0.05, 0.1) is 6.26 Å². The zero-order valence-corrected chi connectivity index (χ0v) is 12.6. The van der Waals surface area contributed by atoms with Crippen molar-refractivity contribution in [2.45, 2.75) is 6.54 Å². The van der Waals surface area contributed by atoms with Gasteiger partial charge in [0.2, 0.25) is 10.0 Å². The maximum absolute atomic E-state index is 13.6. The van der Waals surface area contributed by atoms with Crippen LogP contribution in [-0.4, -0.2) is 52.2 Å². The van der Waals surface area contributed by atoms with Gasteiger partial charge in [-0.3, -0.25) is 0 Å². The Kier molecular flexibility index (Phi) is 4.62. The summed E-state index contributed by atoms with van der Waals surface area (Å²) in [7, 11) is -1.32. The van der Waals surface area contributed by atoms with E-state index in [2.05, 4.69) is 5.32 Å². The number of anilines is 1. The molecule has 0 aliphatic carbocycles. The van der Waals surface area contributed by atoms with Gasteiger partial charge in [0.1, 0.15) is 5.82 Å². The molecule has 112 valence electrons. The average Bonchev–Trinajstić information content (AvgIpc) is 2.37. The van der Waals surface area contributed by atoms with E-state index >= 15 is 0 Å². The highest BCUT2D eigenvalue weighted by Crippen LogP contribution is 2.21. The Labute approximate surface area is 119 Å². The molecule has 1 heterocycles. The Morgan fingerprint density at radius 2 is 1.85 bits per heavy atom. The lowest BCUT2D eigenvalue weighted by molar-refractivity contribution is 0.388. The van der Waals surface area contributed by atoms with E-state index in [-0.39, 0.29) is 5.82 Å². The number of rotatable bonds is 4. The van der Waals surface area contributed by atoms with Crippen molar-refractivity contribution in [2.75, 3.05) is 44.4 Å². The fourth-order valence-corrected chi connectivity index (χ4v) is 3.23. The molecule has 0 atom stereocenters. The van der Waals surface area contributed by atoms with Crippen LogP contribution in [0.3, 0.4) is 0 Å². The van der Waals surface area contributed by atoms with Crippen LogP contribution in [0.1, 0.15) is 5.56 Å². The first kappa shape index (κ1) is 15.2. The summed E-state index contributed by atoms with van der Waals surface area (Å²) in [5, 5.41) is 3.00. The summed E-state index contributed by atoms with van der Waals surface area (Å²) in [6.45, 7) is 2.65. The van der Waals surface area contributed by atoms with E-state index in [1.54, 1.807) is 0 Å². The third-order valence-corrected chi connectivity index (χ3v) is 4.70. The maximum atomic E-state index is 13.6. The van der Waals surface area contributed by atoms with Crippen LogP contribution in [0, 0.1) is 5.82 Å². The zero-order chi connectivity index (χ0) is 14.8. The summed E-state index contributed by atoms with van der Waals surface area (Å²) in [5.41, 5.74) is 1.69. The molecule has 20 heavy (non-hydrogen) atoms. The molecule has 5 nitrogen and oxygen atoms in total. The maximum Gasteiger partial charge on any atom is 0.211 e. The van der Waals surface area contributed by atoms with Crippen molar-refractivity contribution in [3.8, 4) is 0 Å². The van der Waals surface area contributed by atoms with Gasteiger partial charge in [-0.1, -0.05) is 0 Å². The molecule has 0 spiro atoms. The Bertz CT molecular complexity index is 569. The molecule has 0 radical (unpaired) electrons. The van der Waals surface area contributed by atoms with Crippen molar-refractivity contribution in [3.63, 3.8) is 0 Å². The minimum Gasteiger partial charge on any atom is -0.369 e. The number of nitrogens with one attached hydrogen (secondary N) is 1. The fourth-order valence-electron chi connectivity index (χ4n) is 2.40. The molecule has 0 saturated carbocycles. The van der Waals surface area contributed by atoms with Gasteiger partial charge in [-0.15, -0.1) is 0 Å². The summed E-state index contributed by atoms with van der Waals surface area (Å²) >= 11 is 0. The van der Waals surface area contributed by atoms with Crippen LogP contribution in [0.15, 0.2) is 18.2 Å². The third kappa shape index (κ3) is 3.68. The molecule has 1 N–H and O–H groups in total. The minimum absolute atomic E-state index is 0.265. The van der Waals surface area contributed by atoms with E-state index in [0.29, 0.717) is 32.7 Å². The van der Waals surface area contributed by atoms with Crippen molar-refractivity contribution in [2.24, 2.45) is 0 Å². The molecule has 0 amide bonds. The van der Waals surface area contributed by atoms with Gasteiger partial charge in [-0.2, -0.15) is 4.31 Å². The first-order valence-corrected chi connectivity index (χ1v) is 8.39. The molecule has 7 heteroatoms. The van der Waals surface area contributed by atoms with Crippen LogP contribution in [0.4, 0.5) is 10.1 Å². The van der Waals surface area contributed by atoms with Crippen LogP contribution in [-0.2, 0) is 16.6 Å². The Morgan fingerprint density at radius 3 is 2.40 bits per heavy atom. The number of hydrogen-bond acceptors (Lipinski definition) is 4. The molecule has 1 aliphatic rings. The first-order chi connectivity index (χ1) is 9.40. The summed E-state index contributed by atoms with van der Waals surface area (Å²) in [6, 6.07) is 4.94. The van der Waals surface area contributed by atoms with Gasteiger partial charge in [0.15, 0.2) is 0 Å². The van der Waals surface area contributed by atoms with Gasteiger partial charge in [-0.25, -0.2) is 12.8 Å². The Hall–Kier alpha value is -1.18. The van der Waals surface area contributed by atoms with Gasteiger partial charge < -0.3 is 10.2 Å². The Balaban J connectivity index is 2.10. The monoisotopic (exact) mass is 301 g/mol. The molecule has 1 fully saturated rings. The first-order valence-electron chi connectivity index (χ1n) is 6.54. The van der Waals surface area contributed by atoms with E-state index < -0.39 is 10.0 Å². The van der Waals surface area contributed by atoms with Crippen molar-refractivity contribution in [1.29, 1.82) is 0 Å². The van der Waals surface area contributed by atoms with Crippen LogP contribution in [0.25, 0.3) is 0 Å². The summed E-state index contributed by atoms with van der Waals surface area (Å²) < 4.78 is 38.0. The molecule has 0 aromatic heterocycles. The number of sulfonamides is 1. The molecule has 1 aliphatic heterocycles. The second-order valence-electron chi connectivity index (χ2n) is 5.00. The van der Waals surface area contributed by atoms with Crippen LogP contribution in [0.5, 0.6) is 0 Å². The molecule has 0 bridgehead atoms. The van der Waals surface area contributed by atoms with Crippen LogP contribution >= 0.6 is 0 Å². The van der Waals surface area contributed by atoms with Gasteiger partial charge in [0.25, 0.3) is 0 Å². The highest BCUT2D eigenvalue weighted by atomic mass is 32.2. The molecule has 0 unspecified atom stereocenters. The van der Waals surface area contributed by atoms with Crippen molar-refractivity contribution in [1.82, 2.24) is 9.62 Å². The number of nitrogens with zero attached hydrogens (tertiary/aromatic N) is 2. The summed E-state index contributed by atoms with van der Waals surface area (Å²) in [6.07, 6.45) is 1.22. The average molecular weight is 301 g/mol. The number of piperazine rings is 1. The third-order valence-electron chi connectivity index (χ3n) is 3.40. The van der Waals surface area contributed by atoms with Gasteiger partial charge >= 0.3 is 0 Å². The highest BCUT2D eigenvalue weighted by molar-refractivity contribution is 7.88. The zero-order valence-electron chi connectivity index (χ0n) is 11.8. The smallest absolute Gasteiger partial charge is 0.211 e. The molecule has 1 aromatic rings. The largest absolute Gasteiger partial charge is 0.369 e. The molecular formula is C13H20FN3O2S. The lowest BCUT2D eigenvalue weighted by Gasteiger charge is -2.35. The predicted molar refractivity (Wildman–Crippen MR) is 77.8 cm³/mol. The normalized spacial score (nSPS) is 17.4. The molecule has 2 rings (SSSR count). The molecule has 1 aromatic carbocycles. The van der Waals surface area contributed by atoms with Crippen molar-refractivity contribution >= 4 is 15.7 Å². The molecular weight excluding hydrogens is 281 g/mol. The lowest BCUT2D eigenvalue weighted by Crippen LogP contribution is -2.48. The van der Waals surface area contributed by atoms with Gasteiger partial charge in [0, 0.05) is 38.4 Å². The van der Waals surface area contributed by atoms with Crippen molar-refractivity contribution in [3.05, 3.63) is 29.6 Å². The van der Waals surface area contributed by atoms with E-state index in [1.165, 1.54) is 22.7 Å². The fraction of sp³-hybridized carbons (Fsp3) is 0.538. The SMILES string of the molecule is CNCc1cc(F)cc(N2CCN(S(C)(=O)=O)CC2)c1. The summed E-state index contributed by atoms with van der Waals surface area (Å²) in [4.78, 5) is 2.02. The number of hydrogen-bond donors (Lipinski definition) is 1. The second-order valence-corrected chi connectivity index (χ2v) is 6.98. The summed E-state index contributed by atoms with van der Waals surface area (Å²) in [5.74, 6) is -0.265. The quantitative estimate of drug-likeness (QED) is 0.886. The lowest BCUT2D eigenvalue weighted by atomic mass is 10.1. The van der Waals surface area contributed by atoms with Gasteiger partial charge in [-0.05, 0) is 30.8 Å². The van der Waals surface area contributed by atoms with E-state index in [4.69, 9.17) is 0 Å². The Morgan fingerprint density at radius 1 is 1.20 bits per heavy atom. The standard InChI is InChI=1S/C13H20FN3O2S/c1-15-10-11-7-12(14)9-13(8-11)16-3-5-17(6-4-16)20(2,18)19/h7-9,15H,3-6,10H2,1-2H3. The highest BCUT2D eigenvalue weighted by Gasteiger charge is 2.23. The topological polar surface area (TPSA) is 52.6 Å². The molecule has 1 saturated heterocycles. The number of benzene rings is 1. The van der Waals surface area contributed by atoms with Crippen LogP contribution in [0.2, 0.25) is 0 Å². The predicted octanol–water partition coefficient (Wildman–Crippen LogP) is 0.627. The van der Waals surface area contributed by atoms with E-state index in [1.807, 2.05) is 18.0 Å². The van der Waals surface area contributed by atoms with Crippen molar-refractivity contribution < 1.29 is 12.8 Å². The minimum atomic E-state index is -3.13. The number of halogens is 1. The van der Waals surface area contributed by atoms with Crippen LogP contribution < -0.4 is 10.2 Å². The van der Waals surface area contributed by atoms with E-state index in [9.17, 15) is 12.8 Å². The van der Waals surface area contributed by atoms with E-state index in [0.717, 1.165) is 11.3 Å².